The number of benzene rings is 1. The Kier molecular flexibility index (Phi) is 4.40. The standard InChI is InChI=1S/C17H18ClN5O/c1-10-6-11(2)23-14(9-20-17(23)21-10)8-19-13-4-5-15(18)16(7-13)22-12(3)24/h4-7,9,19H,8H2,1-3H3,(H,22,24). The number of hydrogen-bond donors (Lipinski definition) is 2. The number of fused-ring (bicyclic) bond motifs is 1. The fourth-order valence-corrected chi connectivity index (χ4v) is 2.80. The van der Waals surface area contributed by atoms with Crippen LogP contribution in [0.1, 0.15) is 24.0 Å². The number of anilines is 2. The van der Waals surface area contributed by atoms with E-state index in [1.54, 1.807) is 6.07 Å². The lowest BCUT2D eigenvalue weighted by Crippen LogP contribution is -2.08. The lowest BCUT2D eigenvalue weighted by Gasteiger charge is -2.11. The molecule has 0 saturated heterocycles. The van der Waals surface area contributed by atoms with Crippen LogP contribution < -0.4 is 10.6 Å². The molecule has 1 amide bonds. The largest absolute Gasteiger partial charge is 0.379 e. The van der Waals surface area contributed by atoms with Gasteiger partial charge in [-0.15, -0.1) is 0 Å². The lowest BCUT2D eigenvalue weighted by atomic mass is 10.2. The Morgan fingerprint density at radius 1 is 1.29 bits per heavy atom. The molecule has 0 fully saturated rings. The average Bonchev–Trinajstić information content (AvgIpc) is 2.90. The van der Waals surface area contributed by atoms with Gasteiger partial charge < -0.3 is 10.6 Å². The highest BCUT2D eigenvalue weighted by molar-refractivity contribution is 6.33. The molecule has 3 rings (SSSR count). The van der Waals surface area contributed by atoms with Crippen LogP contribution in [0.25, 0.3) is 5.78 Å². The number of hydrogen-bond acceptors (Lipinski definition) is 4. The summed E-state index contributed by atoms with van der Waals surface area (Å²) in [6.45, 7) is 6.02. The van der Waals surface area contributed by atoms with E-state index in [1.807, 2.05) is 42.6 Å². The second-order valence-electron chi connectivity index (χ2n) is 5.65. The van der Waals surface area contributed by atoms with Gasteiger partial charge >= 0.3 is 0 Å². The van der Waals surface area contributed by atoms with Crippen LogP contribution in [0.15, 0.2) is 30.5 Å². The summed E-state index contributed by atoms with van der Waals surface area (Å²) in [7, 11) is 0. The summed E-state index contributed by atoms with van der Waals surface area (Å²) in [6.07, 6.45) is 1.81. The van der Waals surface area contributed by atoms with Crippen molar-refractivity contribution in [3.63, 3.8) is 0 Å². The van der Waals surface area contributed by atoms with Crippen LogP contribution in [0.4, 0.5) is 11.4 Å². The number of carbonyl (C=O) groups is 1. The molecule has 0 radical (unpaired) electrons. The normalized spacial score (nSPS) is 10.8. The average molecular weight is 344 g/mol. The molecule has 0 bridgehead atoms. The van der Waals surface area contributed by atoms with Gasteiger partial charge in [-0.1, -0.05) is 11.6 Å². The molecule has 3 aromatic rings. The summed E-state index contributed by atoms with van der Waals surface area (Å²) in [5, 5.41) is 6.54. The molecule has 24 heavy (non-hydrogen) atoms. The number of nitrogens with zero attached hydrogens (tertiary/aromatic N) is 3. The summed E-state index contributed by atoms with van der Waals surface area (Å²) >= 11 is 6.09. The van der Waals surface area contributed by atoms with Gasteiger partial charge in [0.2, 0.25) is 11.7 Å². The number of imidazole rings is 1. The molecule has 0 aliphatic carbocycles. The molecule has 0 aliphatic heterocycles. The van der Waals surface area contributed by atoms with Gasteiger partial charge in [-0.2, -0.15) is 0 Å². The van der Waals surface area contributed by atoms with Gasteiger partial charge in [0.15, 0.2) is 0 Å². The van der Waals surface area contributed by atoms with E-state index >= 15 is 0 Å². The smallest absolute Gasteiger partial charge is 0.234 e. The molecule has 0 spiro atoms. The Balaban J connectivity index is 1.82. The van der Waals surface area contributed by atoms with Crippen LogP contribution in [-0.4, -0.2) is 20.3 Å². The minimum Gasteiger partial charge on any atom is -0.379 e. The number of rotatable bonds is 4. The van der Waals surface area contributed by atoms with E-state index in [2.05, 4.69) is 20.6 Å². The van der Waals surface area contributed by atoms with Gasteiger partial charge in [-0.3, -0.25) is 9.20 Å². The molecule has 2 N–H and O–H groups in total. The fourth-order valence-electron chi connectivity index (χ4n) is 2.63. The van der Waals surface area contributed by atoms with Crippen LogP contribution in [-0.2, 0) is 11.3 Å². The number of amides is 1. The Labute approximate surface area is 144 Å². The van der Waals surface area contributed by atoms with E-state index in [1.165, 1.54) is 6.92 Å². The maximum Gasteiger partial charge on any atom is 0.234 e. The molecule has 2 heterocycles. The molecule has 7 heteroatoms. The predicted octanol–water partition coefficient (Wildman–Crippen LogP) is 3.57. The van der Waals surface area contributed by atoms with E-state index in [0.717, 1.165) is 22.8 Å². The fraction of sp³-hybridized carbons (Fsp3) is 0.235. The zero-order chi connectivity index (χ0) is 17.3. The first-order chi connectivity index (χ1) is 11.4. The molecule has 0 atom stereocenters. The third kappa shape index (κ3) is 3.33. The van der Waals surface area contributed by atoms with Crippen molar-refractivity contribution in [2.75, 3.05) is 10.6 Å². The summed E-state index contributed by atoms with van der Waals surface area (Å²) in [6, 6.07) is 7.45. The van der Waals surface area contributed by atoms with Crippen molar-refractivity contribution in [3.05, 3.63) is 52.6 Å². The predicted molar refractivity (Wildman–Crippen MR) is 95.5 cm³/mol. The van der Waals surface area contributed by atoms with Crippen LogP contribution >= 0.6 is 11.6 Å². The SMILES string of the molecule is CC(=O)Nc1cc(NCc2cnc3nc(C)cc(C)n23)ccc1Cl. The molecule has 6 nitrogen and oxygen atoms in total. The van der Waals surface area contributed by atoms with Gasteiger partial charge in [0.05, 0.1) is 29.1 Å². The molecule has 0 unspecified atom stereocenters. The summed E-state index contributed by atoms with van der Waals surface area (Å²) in [5.74, 6) is 0.534. The van der Waals surface area contributed by atoms with Crippen LogP contribution in [0, 0.1) is 13.8 Å². The van der Waals surface area contributed by atoms with Crippen LogP contribution in [0.3, 0.4) is 0 Å². The molecular formula is C17H18ClN5O. The highest BCUT2D eigenvalue weighted by atomic mass is 35.5. The van der Waals surface area contributed by atoms with E-state index in [0.29, 0.717) is 23.0 Å². The zero-order valence-electron chi connectivity index (χ0n) is 13.7. The van der Waals surface area contributed by atoms with Crippen LogP contribution in [0.2, 0.25) is 5.02 Å². The number of nitrogens with one attached hydrogen (secondary N) is 2. The van der Waals surface area contributed by atoms with Crippen molar-refractivity contribution < 1.29 is 4.79 Å². The monoisotopic (exact) mass is 343 g/mol. The Hall–Kier alpha value is -2.60. The van der Waals surface area contributed by atoms with Crippen molar-refractivity contribution in [3.8, 4) is 0 Å². The summed E-state index contributed by atoms with van der Waals surface area (Å²) in [5.41, 5.74) is 4.48. The van der Waals surface area contributed by atoms with E-state index < -0.39 is 0 Å². The third-order valence-electron chi connectivity index (χ3n) is 3.61. The van der Waals surface area contributed by atoms with Crippen molar-refractivity contribution in [1.82, 2.24) is 14.4 Å². The zero-order valence-corrected chi connectivity index (χ0v) is 14.5. The maximum absolute atomic E-state index is 11.2. The minimum atomic E-state index is -0.159. The molecule has 0 aliphatic rings. The van der Waals surface area contributed by atoms with Crippen molar-refractivity contribution in [2.24, 2.45) is 0 Å². The van der Waals surface area contributed by atoms with Crippen molar-refractivity contribution >= 4 is 34.7 Å². The first-order valence-electron chi connectivity index (χ1n) is 7.55. The van der Waals surface area contributed by atoms with Gasteiger partial charge in [0.1, 0.15) is 0 Å². The third-order valence-corrected chi connectivity index (χ3v) is 3.94. The lowest BCUT2D eigenvalue weighted by molar-refractivity contribution is -0.114. The Bertz CT molecular complexity index is 919. The molecule has 2 aromatic heterocycles. The van der Waals surface area contributed by atoms with E-state index in [4.69, 9.17) is 11.6 Å². The number of carbonyl (C=O) groups excluding carboxylic acids is 1. The number of halogens is 1. The summed E-state index contributed by atoms with van der Waals surface area (Å²) < 4.78 is 2.02. The minimum absolute atomic E-state index is 0.159. The second kappa shape index (κ2) is 6.49. The highest BCUT2D eigenvalue weighted by Crippen LogP contribution is 2.26. The summed E-state index contributed by atoms with van der Waals surface area (Å²) in [4.78, 5) is 20.0. The molecular weight excluding hydrogens is 326 g/mol. The Morgan fingerprint density at radius 2 is 2.08 bits per heavy atom. The van der Waals surface area contributed by atoms with Gasteiger partial charge in [0, 0.05) is 24.0 Å². The van der Waals surface area contributed by atoms with E-state index in [9.17, 15) is 4.79 Å². The van der Waals surface area contributed by atoms with Crippen molar-refractivity contribution in [1.29, 1.82) is 0 Å². The maximum atomic E-state index is 11.2. The van der Waals surface area contributed by atoms with Gasteiger partial charge in [-0.05, 0) is 38.1 Å². The number of aryl methyl sites for hydroxylation is 2. The van der Waals surface area contributed by atoms with Crippen molar-refractivity contribution in [2.45, 2.75) is 27.3 Å². The molecule has 0 saturated carbocycles. The second-order valence-corrected chi connectivity index (χ2v) is 6.06. The van der Waals surface area contributed by atoms with E-state index in [-0.39, 0.29) is 5.91 Å². The first-order valence-corrected chi connectivity index (χ1v) is 7.93. The molecule has 124 valence electrons. The number of aromatic nitrogens is 3. The highest BCUT2D eigenvalue weighted by Gasteiger charge is 2.08. The first kappa shape index (κ1) is 16.3. The van der Waals surface area contributed by atoms with Gasteiger partial charge in [-0.25, -0.2) is 9.97 Å². The quantitative estimate of drug-likeness (QED) is 0.759. The topological polar surface area (TPSA) is 71.3 Å². The van der Waals surface area contributed by atoms with Crippen LogP contribution in [0.5, 0.6) is 0 Å². The Morgan fingerprint density at radius 3 is 2.83 bits per heavy atom. The molecule has 1 aromatic carbocycles. The van der Waals surface area contributed by atoms with Gasteiger partial charge in [0.25, 0.3) is 0 Å².